The van der Waals surface area contributed by atoms with Crippen molar-refractivity contribution in [1.82, 2.24) is 4.98 Å². The van der Waals surface area contributed by atoms with Crippen molar-refractivity contribution in [3.05, 3.63) is 54.4 Å². The van der Waals surface area contributed by atoms with Crippen LogP contribution in [0.25, 0.3) is 11.1 Å². The van der Waals surface area contributed by atoms with Crippen molar-refractivity contribution in [2.45, 2.75) is 25.7 Å². The van der Waals surface area contributed by atoms with Gasteiger partial charge in [0, 0.05) is 18.8 Å². The summed E-state index contributed by atoms with van der Waals surface area (Å²) in [5, 5.41) is 8.60. The Morgan fingerprint density at radius 1 is 1.05 bits per heavy atom. The average molecular weight is 255 g/mol. The molecule has 1 heterocycles. The Kier molecular flexibility index (Phi) is 4.67. The van der Waals surface area contributed by atoms with Gasteiger partial charge in [-0.05, 0) is 48.1 Å². The van der Waals surface area contributed by atoms with Crippen LogP contribution < -0.4 is 0 Å². The van der Waals surface area contributed by atoms with Crippen molar-refractivity contribution in [2.75, 3.05) is 0 Å². The fourth-order valence-corrected chi connectivity index (χ4v) is 2.06. The molecule has 2 rings (SSSR count). The van der Waals surface area contributed by atoms with Crippen molar-refractivity contribution in [3.8, 4) is 11.1 Å². The molecule has 0 radical (unpaired) electrons. The van der Waals surface area contributed by atoms with E-state index in [9.17, 15) is 4.79 Å². The first kappa shape index (κ1) is 13.3. The average Bonchev–Trinajstić information content (AvgIpc) is 2.45. The van der Waals surface area contributed by atoms with Crippen LogP contribution >= 0.6 is 0 Å². The predicted octanol–water partition coefficient (Wildman–Crippen LogP) is 3.55. The third-order valence-corrected chi connectivity index (χ3v) is 3.05. The van der Waals surface area contributed by atoms with Gasteiger partial charge in [0.05, 0.1) is 0 Å². The number of hydrogen-bond acceptors (Lipinski definition) is 2. The number of aryl methyl sites for hydroxylation is 1. The maximum atomic E-state index is 10.4. The molecule has 3 heteroatoms. The molecule has 1 N–H and O–H groups in total. The summed E-state index contributed by atoms with van der Waals surface area (Å²) in [7, 11) is 0. The molecule has 3 nitrogen and oxygen atoms in total. The zero-order chi connectivity index (χ0) is 13.5. The lowest BCUT2D eigenvalue weighted by Gasteiger charge is -2.05. The highest BCUT2D eigenvalue weighted by Gasteiger charge is 2.00. The van der Waals surface area contributed by atoms with E-state index in [1.54, 1.807) is 12.4 Å². The van der Waals surface area contributed by atoms with E-state index in [1.165, 1.54) is 11.1 Å². The van der Waals surface area contributed by atoms with E-state index in [4.69, 9.17) is 5.11 Å². The maximum Gasteiger partial charge on any atom is 0.303 e. The highest BCUT2D eigenvalue weighted by atomic mass is 16.4. The van der Waals surface area contributed by atoms with Crippen LogP contribution in [0.1, 0.15) is 24.8 Å². The summed E-state index contributed by atoms with van der Waals surface area (Å²) in [6.07, 6.45) is 6.39. The number of nitrogens with zero attached hydrogens (tertiary/aromatic N) is 1. The molecule has 1 aromatic carbocycles. The summed E-state index contributed by atoms with van der Waals surface area (Å²) in [5.74, 6) is -0.717. The van der Waals surface area contributed by atoms with Gasteiger partial charge in [-0.2, -0.15) is 0 Å². The van der Waals surface area contributed by atoms with Gasteiger partial charge in [0.25, 0.3) is 0 Å². The number of benzene rings is 1. The van der Waals surface area contributed by atoms with E-state index in [0.717, 1.165) is 24.8 Å². The minimum absolute atomic E-state index is 0.254. The molecule has 0 bridgehead atoms. The van der Waals surface area contributed by atoms with Gasteiger partial charge < -0.3 is 5.11 Å². The number of carboxylic acids is 1. The van der Waals surface area contributed by atoms with Crippen molar-refractivity contribution < 1.29 is 9.90 Å². The topological polar surface area (TPSA) is 50.2 Å². The van der Waals surface area contributed by atoms with E-state index >= 15 is 0 Å². The maximum absolute atomic E-state index is 10.4. The lowest BCUT2D eigenvalue weighted by atomic mass is 10.0. The number of unbranched alkanes of at least 4 members (excludes halogenated alkanes) is 1. The molecule has 0 saturated heterocycles. The van der Waals surface area contributed by atoms with Crippen LogP contribution in [0.2, 0.25) is 0 Å². The van der Waals surface area contributed by atoms with E-state index in [1.807, 2.05) is 18.2 Å². The smallest absolute Gasteiger partial charge is 0.303 e. The van der Waals surface area contributed by atoms with Crippen molar-refractivity contribution in [2.24, 2.45) is 0 Å². The monoisotopic (exact) mass is 255 g/mol. The first-order chi connectivity index (χ1) is 9.25. The van der Waals surface area contributed by atoms with Crippen LogP contribution in [-0.2, 0) is 11.2 Å². The van der Waals surface area contributed by atoms with E-state index in [0.29, 0.717) is 0 Å². The minimum Gasteiger partial charge on any atom is -0.481 e. The number of aromatic nitrogens is 1. The molecule has 19 heavy (non-hydrogen) atoms. The summed E-state index contributed by atoms with van der Waals surface area (Å²) in [5.41, 5.74) is 3.58. The van der Waals surface area contributed by atoms with Crippen molar-refractivity contribution >= 4 is 5.97 Å². The zero-order valence-electron chi connectivity index (χ0n) is 10.7. The van der Waals surface area contributed by atoms with E-state index < -0.39 is 5.97 Å². The first-order valence-electron chi connectivity index (χ1n) is 6.47. The minimum atomic E-state index is -0.717. The molecular weight excluding hydrogens is 238 g/mol. The molecule has 0 aliphatic heterocycles. The molecular formula is C16H17NO2. The standard InChI is InChI=1S/C16H17NO2/c18-16(19)7-2-1-4-13-5-3-6-15(12-13)14-8-10-17-11-9-14/h3,5-6,8-12H,1-2,4,7H2,(H,18,19). The molecule has 0 spiro atoms. The van der Waals surface area contributed by atoms with Gasteiger partial charge in [-0.1, -0.05) is 24.3 Å². The lowest BCUT2D eigenvalue weighted by molar-refractivity contribution is -0.137. The third-order valence-electron chi connectivity index (χ3n) is 3.05. The Morgan fingerprint density at radius 2 is 1.84 bits per heavy atom. The highest BCUT2D eigenvalue weighted by molar-refractivity contribution is 5.66. The van der Waals surface area contributed by atoms with Crippen LogP contribution in [0.5, 0.6) is 0 Å². The summed E-state index contributed by atoms with van der Waals surface area (Å²) in [6.45, 7) is 0. The van der Waals surface area contributed by atoms with Crippen LogP contribution in [0.4, 0.5) is 0 Å². The Labute approximate surface area is 112 Å². The second kappa shape index (κ2) is 6.69. The highest BCUT2D eigenvalue weighted by Crippen LogP contribution is 2.20. The molecule has 0 unspecified atom stereocenters. The van der Waals surface area contributed by atoms with Gasteiger partial charge in [-0.3, -0.25) is 9.78 Å². The van der Waals surface area contributed by atoms with Gasteiger partial charge in [0.2, 0.25) is 0 Å². The molecule has 0 aliphatic carbocycles. The molecule has 2 aromatic rings. The molecule has 0 aliphatic rings. The summed E-state index contributed by atoms with van der Waals surface area (Å²) in [4.78, 5) is 14.5. The Bertz CT molecular complexity index is 537. The third kappa shape index (κ3) is 4.21. The zero-order valence-corrected chi connectivity index (χ0v) is 10.7. The van der Waals surface area contributed by atoms with Gasteiger partial charge in [-0.25, -0.2) is 0 Å². The molecule has 0 fully saturated rings. The quantitative estimate of drug-likeness (QED) is 0.803. The van der Waals surface area contributed by atoms with Gasteiger partial charge in [0.15, 0.2) is 0 Å². The summed E-state index contributed by atoms with van der Waals surface area (Å²) < 4.78 is 0. The SMILES string of the molecule is O=C(O)CCCCc1cccc(-c2ccncc2)c1. The van der Waals surface area contributed by atoms with Crippen molar-refractivity contribution in [3.63, 3.8) is 0 Å². The predicted molar refractivity (Wildman–Crippen MR) is 74.9 cm³/mol. The number of carbonyl (C=O) groups is 1. The fraction of sp³-hybridized carbons (Fsp3) is 0.250. The lowest BCUT2D eigenvalue weighted by Crippen LogP contribution is -1.95. The van der Waals surface area contributed by atoms with E-state index in [-0.39, 0.29) is 6.42 Å². The Morgan fingerprint density at radius 3 is 2.58 bits per heavy atom. The number of hydrogen-bond donors (Lipinski definition) is 1. The molecule has 98 valence electrons. The molecule has 0 saturated carbocycles. The normalized spacial score (nSPS) is 10.3. The van der Waals surface area contributed by atoms with Crippen LogP contribution in [-0.4, -0.2) is 16.1 Å². The van der Waals surface area contributed by atoms with Gasteiger partial charge in [0.1, 0.15) is 0 Å². The Balaban J connectivity index is 1.98. The molecule has 1 aromatic heterocycles. The summed E-state index contributed by atoms with van der Waals surface area (Å²) >= 11 is 0. The number of aliphatic carboxylic acids is 1. The molecule has 0 atom stereocenters. The van der Waals surface area contributed by atoms with Crippen molar-refractivity contribution in [1.29, 1.82) is 0 Å². The number of pyridine rings is 1. The number of rotatable bonds is 6. The summed E-state index contributed by atoms with van der Waals surface area (Å²) in [6, 6.07) is 12.4. The van der Waals surface area contributed by atoms with Gasteiger partial charge in [-0.15, -0.1) is 0 Å². The largest absolute Gasteiger partial charge is 0.481 e. The fourth-order valence-electron chi connectivity index (χ4n) is 2.06. The Hall–Kier alpha value is -2.16. The van der Waals surface area contributed by atoms with Crippen LogP contribution in [0.3, 0.4) is 0 Å². The van der Waals surface area contributed by atoms with Crippen LogP contribution in [0, 0.1) is 0 Å². The van der Waals surface area contributed by atoms with Gasteiger partial charge >= 0.3 is 5.97 Å². The van der Waals surface area contributed by atoms with Crippen LogP contribution in [0.15, 0.2) is 48.8 Å². The second-order valence-corrected chi connectivity index (χ2v) is 4.54. The van der Waals surface area contributed by atoms with E-state index in [2.05, 4.69) is 23.2 Å². The first-order valence-corrected chi connectivity index (χ1v) is 6.47. The number of carboxylic acid groups (broad SMARTS) is 1. The second-order valence-electron chi connectivity index (χ2n) is 4.54. The molecule has 0 amide bonds.